The zero-order valence-corrected chi connectivity index (χ0v) is 11.2. The van der Waals surface area contributed by atoms with Gasteiger partial charge >= 0.3 is 0 Å². The summed E-state index contributed by atoms with van der Waals surface area (Å²) in [5.41, 5.74) is 1.40. The van der Waals surface area contributed by atoms with Gasteiger partial charge < -0.3 is 10.1 Å². The molecule has 0 amide bonds. The summed E-state index contributed by atoms with van der Waals surface area (Å²) in [5, 5.41) is 3.53. The summed E-state index contributed by atoms with van der Waals surface area (Å²) in [6.07, 6.45) is 7.01. The summed E-state index contributed by atoms with van der Waals surface area (Å²) >= 11 is 0. The molecule has 0 aromatic heterocycles. The monoisotopic (exact) mass is 245 g/mol. The van der Waals surface area contributed by atoms with Gasteiger partial charge in [-0.05, 0) is 25.5 Å². The highest BCUT2D eigenvalue weighted by atomic mass is 16.5. The molecule has 1 aliphatic carbocycles. The van der Waals surface area contributed by atoms with Crippen molar-refractivity contribution in [3.63, 3.8) is 0 Å². The van der Waals surface area contributed by atoms with Crippen LogP contribution in [0, 0.1) is 5.92 Å². The molecule has 0 radical (unpaired) electrons. The summed E-state index contributed by atoms with van der Waals surface area (Å²) in [7, 11) is 2.10. The maximum atomic E-state index is 5.82. The second-order valence-corrected chi connectivity index (χ2v) is 5.74. The molecular formula is C16H23NO. The highest BCUT2D eigenvalue weighted by molar-refractivity contribution is 5.40. The average Bonchev–Trinajstić information content (AvgIpc) is 3.05. The molecule has 1 aliphatic heterocycles. The molecule has 2 unspecified atom stereocenters. The van der Waals surface area contributed by atoms with Gasteiger partial charge in [-0.3, -0.25) is 0 Å². The summed E-state index contributed by atoms with van der Waals surface area (Å²) in [6.45, 7) is 0.845. The van der Waals surface area contributed by atoms with Crippen LogP contribution in [0.15, 0.2) is 24.3 Å². The third kappa shape index (κ3) is 2.26. The van der Waals surface area contributed by atoms with Crippen LogP contribution in [0.4, 0.5) is 0 Å². The first kappa shape index (κ1) is 12.0. The zero-order valence-electron chi connectivity index (χ0n) is 11.2. The van der Waals surface area contributed by atoms with Crippen molar-refractivity contribution < 1.29 is 4.74 Å². The van der Waals surface area contributed by atoms with Gasteiger partial charge in [0.15, 0.2) is 0 Å². The summed E-state index contributed by atoms with van der Waals surface area (Å²) in [6, 6.07) is 9.08. The predicted molar refractivity (Wildman–Crippen MR) is 74.1 cm³/mol. The van der Waals surface area contributed by atoms with E-state index >= 15 is 0 Å². The minimum Gasteiger partial charge on any atom is -0.493 e. The number of likely N-dealkylation sites (N-methyl/N-ethyl adjacent to an activating group) is 1. The van der Waals surface area contributed by atoms with Gasteiger partial charge in [0.2, 0.25) is 0 Å². The van der Waals surface area contributed by atoms with E-state index in [9.17, 15) is 0 Å². The summed E-state index contributed by atoms with van der Waals surface area (Å²) in [5.74, 6) is 2.55. The molecule has 1 saturated carbocycles. The largest absolute Gasteiger partial charge is 0.493 e. The molecule has 1 heterocycles. The van der Waals surface area contributed by atoms with Gasteiger partial charge in [-0.2, -0.15) is 0 Å². The highest BCUT2D eigenvalue weighted by Gasteiger charge is 2.32. The van der Waals surface area contributed by atoms with Crippen molar-refractivity contribution in [1.82, 2.24) is 5.32 Å². The van der Waals surface area contributed by atoms with Crippen LogP contribution >= 0.6 is 0 Å². The van der Waals surface area contributed by atoms with E-state index < -0.39 is 0 Å². The number of hydrogen-bond donors (Lipinski definition) is 1. The smallest absolute Gasteiger partial charge is 0.122 e. The van der Waals surface area contributed by atoms with Crippen molar-refractivity contribution in [3.05, 3.63) is 29.8 Å². The van der Waals surface area contributed by atoms with E-state index in [-0.39, 0.29) is 0 Å². The van der Waals surface area contributed by atoms with E-state index in [1.54, 1.807) is 0 Å². The fourth-order valence-electron chi connectivity index (χ4n) is 3.61. The first-order valence-corrected chi connectivity index (χ1v) is 7.27. The van der Waals surface area contributed by atoms with Crippen molar-refractivity contribution in [3.8, 4) is 5.75 Å². The third-order valence-electron chi connectivity index (χ3n) is 4.66. The molecule has 1 N–H and O–H groups in total. The lowest BCUT2D eigenvalue weighted by Crippen LogP contribution is -2.34. The van der Waals surface area contributed by atoms with E-state index in [1.807, 2.05) is 0 Å². The van der Waals surface area contributed by atoms with Crippen LogP contribution in [0.3, 0.4) is 0 Å². The zero-order chi connectivity index (χ0) is 12.4. The molecule has 1 aromatic carbocycles. The van der Waals surface area contributed by atoms with Gasteiger partial charge in [0.1, 0.15) is 5.75 Å². The van der Waals surface area contributed by atoms with Crippen molar-refractivity contribution in [2.75, 3.05) is 13.7 Å². The molecule has 98 valence electrons. The molecular weight excluding hydrogens is 222 g/mol. The molecule has 2 heteroatoms. The number of rotatable bonds is 4. The lowest BCUT2D eigenvalue weighted by atomic mass is 9.86. The molecule has 1 aromatic rings. The van der Waals surface area contributed by atoms with Crippen LogP contribution < -0.4 is 10.1 Å². The Bertz CT molecular complexity index is 398. The van der Waals surface area contributed by atoms with Gasteiger partial charge in [-0.1, -0.05) is 43.9 Å². The topological polar surface area (TPSA) is 21.3 Å². The number of ether oxygens (including phenoxy) is 1. The second-order valence-electron chi connectivity index (χ2n) is 5.74. The third-order valence-corrected chi connectivity index (χ3v) is 4.66. The highest BCUT2D eigenvalue weighted by Crippen LogP contribution is 2.39. The minimum atomic E-state index is 0.534. The van der Waals surface area contributed by atoms with Crippen LogP contribution in [-0.2, 0) is 0 Å². The molecule has 0 bridgehead atoms. The van der Waals surface area contributed by atoms with Crippen molar-refractivity contribution in [2.45, 2.75) is 44.1 Å². The van der Waals surface area contributed by atoms with E-state index in [4.69, 9.17) is 4.74 Å². The Morgan fingerprint density at radius 3 is 2.83 bits per heavy atom. The number of benzene rings is 1. The van der Waals surface area contributed by atoms with Crippen LogP contribution in [0.2, 0.25) is 0 Å². The van der Waals surface area contributed by atoms with Gasteiger partial charge in [0.25, 0.3) is 0 Å². The minimum absolute atomic E-state index is 0.534. The fourth-order valence-corrected chi connectivity index (χ4v) is 3.61. The van der Waals surface area contributed by atoms with Crippen LogP contribution in [0.25, 0.3) is 0 Å². The van der Waals surface area contributed by atoms with E-state index in [0.29, 0.717) is 12.0 Å². The van der Waals surface area contributed by atoms with E-state index in [1.165, 1.54) is 37.7 Å². The van der Waals surface area contributed by atoms with Crippen molar-refractivity contribution in [2.24, 2.45) is 5.92 Å². The Morgan fingerprint density at radius 2 is 2.06 bits per heavy atom. The van der Waals surface area contributed by atoms with Crippen LogP contribution in [0.5, 0.6) is 5.75 Å². The Labute approximate surface area is 110 Å². The normalized spacial score (nSPS) is 24.8. The second kappa shape index (κ2) is 5.31. The molecule has 1 fully saturated rings. The van der Waals surface area contributed by atoms with Crippen molar-refractivity contribution >= 4 is 0 Å². The molecule has 18 heavy (non-hydrogen) atoms. The molecule has 0 spiro atoms. The van der Waals surface area contributed by atoms with Crippen LogP contribution in [0.1, 0.15) is 43.6 Å². The Balaban J connectivity index is 1.72. The number of para-hydroxylation sites is 1. The van der Waals surface area contributed by atoms with Gasteiger partial charge in [0.05, 0.1) is 6.61 Å². The molecule has 2 nitrogen and oxygen atoms in total. The lowest BCUT2D eigenvalue weighted by molar-refractivity contribution is 0.280. The van der Waals surface area contributed by atoms with Gasteiger partial charge in [-0.15, -0.1) is 0 Å². The number of fused-ring (bicyclic) bond motifs is 1. The Kier molecular flexibility index (Phi) is 3.55. The molecule has 3 rings (SSSR count). The maximum Gasteiger partial charge on any atom is 0.122 e. The fraction of sp³-hybridized carbons (Fsp3) is 0.625. The summed E-state index contributed by atoms with van der Waals surface area (Å²) in [4.78, 5) is 0. The quantitative estimate of drug-likeness (QED) is 0.878. The molecule has 2 aliphatic rings. The first-order chi connectivity index (χ1) is 8.88. The van der Waals surface area contributed by atoms with Crippen LogP contribution in [-0.4, -0.2) is 19.7 Å². The lowest BCUT2D eigenvalue weighted by Gasteiger charge is -2.25. The van der Waals surface area contributed by atoms with E-state index in [2.05, 4.69) is 36.6 Å². The maximum absolute atomic E-state index is 5.82. The molecule has 2 atom stereocenters. The predicted octanol–water partition coefficient (Wildman–Crippen LogP) is 3.33. The Morgan fingerprint density at radius 1 is 1.28 bits per heavy atom. The molecule has 0 saturated heterocycles. The Hall–Kier alpha value is -1.02. The standard InChI is InChI=1S/C16H23NO/c1-17-15(10-12-6-2-3-7-12)14-11-18-16-9-5-4-8-13(14)16/h4-5,8-9,12,14-15,17H,2-3,6-7,10-11H2,1H3. The van der Waals surface area contributed by atoms with Gasteiger partial charge in [-0.25, -0.2) is 0 Å². The van der Waals surface area contributed by atoms with E-state index in [0.717, 1.165) is 18.3 Å². The van der Waals surface area contributed by atoms with Gasteiger partial charge in [0, 0.05) is 17.5 Å². The summed E-state index contributed by atoms with van der Waals surface area (Å²) < 4.78 is 5.82. The number of hydrogen-bond acceptors (Lipinski definition) is 2. The average molecular weight is 245 g/mol. The SMILES string of the molecule is CNC(CC1CCCC1)C1COc2ccccc21. The number of nitrogens with one attached hydrogen (secondary N) is 1. The first-order valence-electron chi connectivity index (χ1n) is 7.27. The van der Waals surface area contributed by atoms with Crippen molar-refractivity contribution in [1.29, 1.82) is 0 Å².